The molecule has 2 rings (SSSR count). The molecule has 2 aliphatic heterocycles. The standard InChI is InChI=1S/C17H29NO15/c19-2-6(23)10(25)13-9(18-8(24)4-21)5(22)1-17(32-13,16(29)30)33-14-11(26)7(3-20)31-15(28)12(14)27/h5-7,9-15,19-23,25-28H,1-4H2,(H,18,24)(H,29,30)/t5-,6+,7+,9+,10+,11-,12+,13+,14-,15+,17?/m0/s1. The van der Waals surface area contributed by atoms with Crippen LogP contribution in [-0.4, -0.2) is 150 Å². The summed E-state index contributed by atoms with van der Waals surface area (Å²) in [6.07, 6.45) is -18.2. The molecule has 0 aromatic rings. The van der Waals surface area contributed by atoms with Crippen LogP contribution in [0.25, 0.3) is 0 Å². The van der Waals surface area contributed by atoms with E-state index in [1.165, 1.54) is 0 Å². The van der Waals surface area contributed by atoms with Gasteiger partial charge in [-0.2, -0.15) is 0 Å². The average Bonchev–Trinajstić information content (AvgIpc) is 2.79. The number of hydrogen-bond donors (Lipinski definition) is 11. The first kappa shape index (κ1) is 27.7. The topological polar surface area (TPSA) is 276 Å². The molecule has 1 amide bonds. The lowest BCUT2D eigenvalue weighted by atomic mass is 9.88. The minimum absolute atomic E-state index is 0.854. The van der Waals surface area contributed by atoms with Gasteiger partial charge in [0.2, 0.25) is 5.91 Å². The van der Waals surface area contributed by atoms with E-state index in [1.54, 1.807) is 0 Å². The third kappa shape index (κ3) is 5.76. The van der Waals surface area contributed by atoms with Gasteiger partial charge in [-0.25, -0.2) is 4.79 Å². The zero-order valence-electron chi connectivity index (χ0n) is 17.1. The number of rotatable bonds is 9. The number of nitrogens with one attached hydrogen (secondary N) is 1. The summed E-state index contributed by atoms with van der Waals surface area (Å²) in [5.74, 6) is -5.90. The molecule has 192 valence electrons. The minimum atomic E-state index is -2.93. The summed E-state index contributed by atoms with van der Waals surface area (Å²) in [4.78, 5) is 23.8. The molecule has 0 aromatic heterocycles. The van der Waals surface area contributed by atoms with Crippen molar-refractivity contribution in [3.8, 4) is 0 Å². The van der Waals surface area contributed by atoms with E-state index in [2.05, 4.69) is 5.32 Å². The number of aliphatic carboxylic acids is 1. The predicted molar refractivity (Wildman–Crippen MR) is 98.8 cm³/mol. The van der Waals surface area contributed by atoms with Crippen LogP contribution in [0, 0.1) is 0 Å². The number of aliphatic hydroxyl groups excluding tert-OH is 9. The first-order chi connectivity index (χ1) is 15.4. The highest BCUT2D eigenvalue weighted by molar-refractivity contribution is 5.78. The first-order valence-electron chi connectivity index (χ1n) is 9.87. The van der Waals surface area contributed by atoms with E-state index in [4.69, 9.17) is 24.4 Å². The molecule has 16 nitrogen and oxygen atoms in total. The fraction of sp³-hybridized carbons (Fsp3) is 0.882. The molecule has 0 aromatic carbocycles. The summed E-state index contributed by atoms with van der Waals surface area (Å²) in [5.41, 5.74) is 0. The van der Waals surface area contributed by atoms with Crippen LogP contribution in [0.1, 0.15) is 6.42 Å². The second-order valence-corrected chi connectivity index (χ2v) is 7.72. The summed E-state index contributed by atoms with van der Waals surface area (Å²) in [5, 5.41) is 100. The number of hydrogen-bond acceptors (Lipinski definition) is 14. The third-order valence-corrected chi connectivity index (χ3v) is 5.45. The predicted octanol–water partition coefficient (Wildman–Crippen LogP) is -7.08. The van der Waals surface area contributed by atoms with Gasteiger partial charge in [0, 0.05) is 6.42 Å². The average molecular weight is 487 g/mol. The highest BCUT2D eigenvalue weighted by atomic mass is 16.7. The van der Waals surface area contributed by atoms with E-state index in [-0.39, 0.29) is 0 Å². The van der Waals surface area contributed by atoms with Crippen molar-refractivity contribution in [2.75, 3.05) is 19.8 Å². The lowest BCUT2D eigenvalue weighted by Gasteiger charge is -2.49. The van der Waals surface area contributed by atoms with E-state index in [1.807, 2.05) is 0 Å². The van der Waals surface area contributed by atoms with Gasteiger partial charge >= 0.3 is 5.97 Å². The summed E-state index contributed by atoms with van der Waals surface area (Å²) in [7, 11) is 0. The van der Waals surface area contributed by atoms with Gasteiger partial charge in [0.25, 0.3) is 5.79 Å². The third-order valence-electron chi connectivity index (χ3n) is 5.45. The maximum Gasteiger partial charge on any atom is 0.364 e. The molecule has 2 aliphatic rings. The van der Waals surface area contributed by atoms with E-state index in [0.29, 0.717) is 0 Å². The SMILES string of the molecule is O=C(CO)N[C@H]1[C@H]([C@H](O)[C@H](O)CO)OC(O[C@@H]2[C@@H](O)[C@H](O)O[C@H](CO)[C@@H]2O)(C(=O)O)C[C@@H]1O. The van der Waals surface area contributed by atoms with Crippen LogP contribution in [0.4, 0.5) is 0 Å². The van der Waals surface area contributed by atoms with Gasteiger partial charge in [0.15, 0.2) is 6.29 Å². The van der Waals surface area contributed by atoms with Gasteiger partial charge < -0.3 is 70.6 Å². The van der Waals surface area contributed by atoms with Gasteiger partial charge in [-0.3, -0.25) is 4.79 Å². The molecular weight excluding hydrogens is 458 g/mol. The van der Waals surface area contributed by atoms with Crippen LogP contribution in [0.2, 0.25) is 0 Å². The molecule has 0 aliphatic carbocycles. The molecule has 2 fully saturated rings. The Hall–Kier alpha value is -1.54. The summed E-state index contributed by atoms with van der Waals surface area (Å²) < 4.78 is 15.4. The van der Waals surface area contributed by atoms with Crippen molar-refractivity contribution in [3.63, 3.8) is 0 Å². The number of carbonyl (C=O) groups is 2. The molecule has 2 heterocycles. The van der Waals surface area contributed by atoms with Gasteiger partial charge in [0.1, 0.15) is 49.3 Å². The fourth-order valence-corrected chi connectivity index (χ4v) is 3.67. The van der Waals surface area contributed by atoms with Crippen molar-refractivity contribution in [3.05, 3.63) is 0 Å². The zero-order chi connectivity index (χ0) is 25.1. The summed E-state index contributed by atoms with van der Waals surface area (Å²) in [6.45, 7) is -2.93. The van der Waals surface area contributed by atoms with Crippen LogP contribution in [-0.2, 0) is 23.8 Å². The molecule has 0 spiro atoms. The van der Waals surface area contributed by atoms with Gasteiger partial charge in [-0.15, -0.1) is 0 Å². The highest BCUT2D eigenvalue weighted by Crippen LogP contribution is 2.37. The Kier molecular flexibility index (Phi) is 9.45. The molecule has 0 radical (unpaired) electrons. The second kappa shape index (κ2) is 11.3. The number of amides is 1. The number of carboxylic acid groups (broad SMARTS) is 1. The van der Waals surface area contributed by atoms with Crippen molar-refractivity contribution >= 4 is 11.9 Å². The van der Waals surface area contributed by atoms with Crippen molar-refractivity contribution in [1.82, 2.24) is 5.32 Å². The number of ether oxygens (including phenoxy) is 3. The number of carbonyl (C=O) groups excluding carboxylic acids is 1. The molecule has 1 unspecified atom stereocenters. The smallest absolute Gasteiger partial charge is 0.364 e. The maximum atomic E-state index is 12.1. The van der Waals surface area contributed by atoms with Gasteiger partial charge in [-0.1, -0.05) is 0 Å². The van der Waals surface area contributed by atoms with Gasteiger partial charge in [0.05, 0.1) is 25.4 Å². The lowest BCUT2D eigenvalue weighted by Crippen LogP contribution is -2.70. The Morgan fingerprint density at radius 2 is 1.73 bits per heavy atom. The number of aliphatic hydroxyl groups is 9. The van der Waals surface area contributed by atoms with E-state index < -0.39 is 105 Å². The zero-order valence-corrected chi connectivity index (χ0v) is 17.1. The largest absolute Gasteiger partial charge is 0.477 e. The van der Waals surface area contributed by atoms with Gasteiger partial charge in [-0.05, 0) is 0 Å². The van der Waals surface area contributed by atoms with E-state index in [0.717, 1.165) is 0 Å². The van der Waals surface area contributed by atoms with Crippen molar-refractivity contribution in [2.45, 2.75) is 73.4 Å². The Balaban J connectivity index is 2.43. The van der Waals surface area contributed by atoms with Crippen LogP contribution < -0.4 is 5.32 Å². The van der Waals surface area contributed by atoms with Crippen LogP contribution in [0.3, 0.4) is 0 Å². The second-order valence-electron chi connectivity index (χ2n) is 7.72. The Morgan fingerprint density at radius 3 is 2.24 bits per heavy atom. The lowest BCUT2D eigenvalue weighted by molar-refractivity contribution is -0.366. The van der Waals surface area contributed by atoms with Crippen molar-refractivity contribution in [2.24, 2.45) is 0 Å². The Bertz CT molecular complexity index is 681. The van der Waals surface area contributed by atoms with Crippen molar-refractivity contribution < 1.29 is 74.9 Å². The van der Waals surface area contributed by atoms with Crippen molar-refractivity contribution in [1.29, 1.82) is 0 Å². The molecule has 2 saturated heterocycles. The van der Waals surface area contributed by atoms with Crippen LogP contribution in [0.15, 0.2) is 0 Å². The normalized spacial score (nSPS) is 41.2. The summed E-state index contributed by atoms with van der Waals surface area (Å²) in [6, 6.07) is -1.60. The maximum absolute atomic E-state index is 12.1. The molecule has 0 bridgehead atoms. The number of carboxylic acids is 1. The quantitative estimate of drug-likeness (QED) is 0.144. The van der Waals surface area contributed by atoms with Crippen LogP contribution >= 0.6 is 0 Å². The molecule has 33 heavy (non-hydrogen) atoms. The molecule has 0 saturated carbocycles. The minimum Gasteiger partial charge on any atom is -0.477 e. The molecule has 11 N–H and O–H groups in total. The van der Waals surface area contributed by atoms with Crippen LogP contribution in [0.5, 0.6) is 0 Å². The first-order valence-corrected chi connectivity index (χ1v) is 9.87. The Morgan fingerprint density at radius 1 is 1.09 bits per heavy atom. The highest BCUT2D eigenvalue weighted by Gasteiger charge is 2.59. The fourth-order valence-electron chi connectivity index (χ4n) is 3.67. The van der Waals surface area contributed by atoms with E-state index >= 15 is 0 Å². The molecule has 16 heteroatoms. The van der Waals surface area contributed by atoms with E-state index in [9.17, 15) is 50.4 Å². The molecule has 11 atom stereocenters. The molecular formula is C17H29NO15. The Labute approximate surface area is 186 Å². The monoisotopic (exact) mass is 487 g/mol. The summed E-state index contributed by atoms with van der Waals surface area (Å²) >= 11 is 0.